The van der Waals surface area contributed by atoms with Crippen molar-refractivity contribution >= 4 is 17.5 Å². The van der Waals surface area contributed by atoms with Crippen molar-refractivity contribution in [3.8, 4) is 11.3 Å². The Morgan fingerprint density at radius 1 is 1.35 bits per heavy atom. The first kappa shape index (κ1) is 12.0. The number of H-pyrrole nitrogens is 1. The Morgan fingerprint density at radius 2 is 2.15 bits per heavy atom. The van der Waals surface area contributed by atoms with Gasteiger partial charge < -0.3 is 4.90 Å². The predicted molar refractivity (Wildman–Crippen MR) is 76.6 cm³/mol. The molecule has 1 amide bonds. The fourth-order valence-electron chi connectivity index (χ4n) is 2.88. The standard InChI is InChI=1S/C15H14ClN3O/c16-11-3-1-2-10(6-11)13-12(7-17-18-13)14(20)19-8-15(9-19)4-5-15/h1-3,6-7H,4-5,8-9H2,(H,17,18). The van der Waals surface area contributed by atoms with Crippen molar-refractivity contribution in [2.24, 2.45) is 5.41 Å². The van der Waals surface area contributed by atoms with Gasteiger partial charge in [0.15, 0.2) is 0 Å². The molecule has 1 N–H and O–H groups in total. The van der Waals surface area contributed by atoms with Gasteiger partial charge in [-0.2, -0.15) is 5.10 Å². The highest BCUT2D eigenvalue weighted by Gasteiger charge is 2.54. The van der Waals surface area contributed by atoms with E-state index in [4.69, 9.17) is 11.6 Å². The molecular weight excluding hydrogens is 274 g/mol. The van der Waals surface area contributed by atoms with Crippen LogP contribution in [0.5, 0.6) is 0 Å². The number of likely N-dealkylation sites (tertiary alicyclic amines) is 1. The first-order valence-electron chi connectivity index (χ1n) is 6.76. The summed E-state index contributed by atoms with van der Waals surface area (Å²) in [5.74, 6) is 0.0613. The third kappa shape index (κ3) is 1.83. The molecule has 1 saturated carbocycles. The monoisotopic (exact) mass is 287 g/mol. The fourth-order valence-corrected chi connectivity index (χ4v) is 3.07. The Bertz CT molecular complexity index is 682. The number of rotatable bonds is 2. The second-order valence-corrected chi connectivity index (χ2v) is 6.27. The van der Waals surface area contributed by atoms with Crippen molar-refractivity contribution in [3.63, 3.8) is 0 Å². The number of aromatic amines is 1. The normalized spacial score (nSPS) is 18.9. The van der Waals surface area contributed by atoms with E-state index in [1.54, 1.807) is 6.20 Å². The van der Waals surface area contributed by atoms with E-state index in [9.17, 15) is 4.79 Å². The Balaban J connectivity index is 1.63. The molecule has 0 atom stereocenters. The molecule has 1 aromatic carbocycles. The van der Waals surface area contributed by atoms with Crippen LogP contribution in [0, 0.1) is 5.41 Å². The molecule has 0 unspecified atom stereocenters. The van der Waals surface area contributed by atoms with Gasteiger partial charge in [0.25, 0.3) is 5.91 Å². The van der Waals surface area contributed by atoms with Gasteiger partial charge in [0.2, 0.25) is 0 Å². The zero-order valence-corrected chi connectivity index (χ0v) is 11.7. The van der Waals surface area contributed by atoms with Gasteiger partial charge in [-0.3, -0.25) is 9.89 Å². The molecule has 0 bridgehead atoms. The van der Waals surface area contributed by atoms with E-state index in [0.29, 0.717) is 16.0 Å². The summed E-state index contributed by atoms with van der Waals surface area (Å²) >= 11 is 6.01. The first-order chi connectivity index (χ1) is 9.67. The third-order valence-corrected chi connectivity index (χ3v) is 4.51. The summed E-state index contributed by atoms with van der Waals surface area (Å²) in [6, 6.07) is 7.45. The van der Waals surface area contributed by atoms with Gasteiger partial charge in [-0.1, -0.05) is 23.7 Å². The lowest BCUT2D eigenvalue weighted by Crippen LogP contribution is -2.51. The highest BCUT2D eigenvalue weighted by molar-refractivity contribution is 6.30. The summed E-state index contributed by atoms with van der Waals surface area (Å²) in [4.78, 5) is 14.4. The van der Waals surface area contributed by atoms with Crippen LogP contribution in [0.1, 0.15) is 23.2 Å². The van der Waals surface area contributed by atoms with Crippen LogP contribution in [0.4, 0.5) is 0 Å². The molecule has 2 aromatic rings. The molecule has 0 radical (unpaired) electrons. The van der Waals surface area contributed by atoms with Gasteiger partial charge in [-0.15, -0.1) is 0 Å². The molecule has 2 fully saturated rings. The topological polar surface area (TPSA) is 49.0 Å². The lowest BCUT2D eigenvalue weighted by atomic mass is 9.95. The van der Waals surface area contributed by atoms with Gasteiger partial charge in [0, 0.05) is 29.1 Å². The SMILES string of the molecule is O=C(c1cn[nH]c1-c1cccc(Cl)c1)N1CC2(CC2)C1. The van der Waals surface area contributed by atoms with E-state index >= 15 is 0 Å². The molecule has 20 heavy (non-hydrogen) atoms. The number of amides is 1. The molecule has 4 nitrogen and oxygen atoms in total. The zero-order chi connectivity index (χ0) is 13.7. The van der Waals surface area contributed by atoms with Crippen molar-refractivity contribution in [3.05, 3.63) is 41.0 Å². The highest BCUT2D eigenvalue weighted by Crippen LogP contribution is 2.53. The lowest BCUT2D eigenvalue weighted by molar-refractivity contribution is 0.0444. The number of carbonyl (C=O) groups is 1. The van der Waals surface area contributed by atoms with Gasteiger partial charge in [0.1, 0.15) is 0 Å². The predicted octanol–water partition coefficient (Wildman–Crippen LogP) is 2.97. The summed E-state index contributed by atoms with van der Waals surface area (Å²) < 4.78 is 0. The van der Waals surface area contributed by atoms with E-state index in [0.717, 1.165) is 24.3 Å². The number of hydrogen-bond donors (Lipinski definition) is 1. The Labute approximate surface area is 121 Å². The molecular formula is C15H14ClN3O. The summed E-state index contributed by atoms with van der Waals surface area (Å²) in [6.45, 7) is 1.79. The maximum absolute atomic E-state index is 12.5. The Kier molecular flexibility index (Phi) is 2.45. The first-order valence-corrected chi connectivity index (χ1v) is 7.13. The van der Waals surface area contributed by atoms with Crippen LogP contribution in [-0.2, 0) is 0 Å². The van der Waals surface area contributed by atoms with E-state index < -0.39 is 0 Å². The molecule has 1 aliphatic carbocycles. The smallest absolute Gasteiger partial charge is 0.257 e. The lowest BCUT2D eigenvalue weighted by Gasteiger charge is -2.39. The largest absolute Gasteiger partial charge is 0.337 e. The number of hydrogen-bond acceptors (Lipinski definition) is 2. The number of halogens is 1. The van der Waals surface area contributed by atoms with E-state index in [-0.39, 0.29) is 5.91 Å². The molecule has 1 spiro atoms. The molecule has 5 heteroatoms. The van der Waals surface area contributed by atoms with E-state index in [2.05, 4.69) is 10.2 Å². The second-order valence-electron chi connectivity index (χ2n) is 5.83. The van der Waals surface area contributed by atoms with Crippen molar-refractivity contribution in [1.29, 1.82) is 0 Å². The average Bonchev–Trinajstić information content (AvgIpc) is 3.05. The number of benzene rings is 1. The summed E-state index contributed by atoms with van der Waals surface area (Å²) in [7, 11) is 0. The van der Waals surface area contributed by atoms with E-state index in [1.165, 1.54) is 12.8 Å². The quantitative estimate of drug-likeness (QED) is 0.923. The minimum atomic E-state index is 0.0613. The van der Waals surface area contributed by atoms with Crippen molar-refractivity contribution in [2.75, 3.05) is 13.1 Å². The van der Waals surface area contributed by atoms with Crippen LogP contribution >= 0.6 is 11.6 Å². The van der Waals surface area contributed by atoms with Crippen LogP contribution in [0.25, 0.3) is 11.3 Å². The van der Waals surface area contributed by atoms with Crippen LogP contribution < -0.4 is 0 Å². The Morgan fingerprint density at radius 3 is 2.85 bits per heavy atom. The minimum absolute atomic E-state index is 0.0613. The van der Waals surface area contributed by atoms with Gasteiger partial charge in [-0.05, 0) is 25.0 Å². The molecule has 2 heterocycles. The molecule has 102 valence electrons. The molecule has 1 saturated heterocycles. The highest BCUT2D eigenvalue weighted by atomic mass is 35.5. The fraction of sp³-hybridized carbons (Fsp3) is 0.333. The van der Waals surface area contributed by atoms with Crippen LogP contribution in [-0.4, -0.2) is 34.1 Å². The molecule has 4 rings (SSSR count). The average molecular weight is 288 g/mol. The van der Waals surface area contributed by atoms with Gasteiger partial charge in [-0.25, -0.2) is 0 Å². The number of carbonyl (C=O) groups excluding carboxylic acids is 1. The van der Waals surface area contributed by atoms with Crippen LogP contribution in [0.2, 0.25) is 5.02 Å². The second kappa shape index (κ2) is 4.09. The summed E-state index contributed by atoms with van der Waals surface area (Å²) in [6.07, 6.45) is 4.14. The molecule has 1 aliphatic heterocycles. The number of aromatic nitrogens is 2. The van der Waals surface area contributed by atoms with Gasteiger partial charge in [0.05, 0.1) is 17.5 Å². The Hall–Kier alpha value is -1.81. The minimum Gasteiger partial charge on any atom is -0.337 e. The maximum Gasteiger partial charge on any atom is 0.257 e. The maximum atomic E-state index is 12.5. The van der Waals surface area contributed by atoms with Crippen LogP contribution in [0.15, 0.2) is 30.5 Å². The number of nitrogens with one attached hydrogen (secondary N) is 1. The van der Waals surface area contributed by atoms with Gasteiger partial charge >= 0.3 is 0 Å². The third-order valence-electron chi connectivity index (χ3n) is 4.28. The summed E-state index contributed by atoms with van der Waals surface area (Å²) in [5.41, 5.74) is 2.73. The molecule has 2 aliphatic rings. The van der Waals surface area contributed by atoms with Crippen molar-refractivity contribution in [2.45, 2.75) is 12.8 Å². The van der Waals surface area contributed by atoms with Crippen molar-refractivity contribution < 1.29 is 4.79 Å². The van der Waals surface area contributed by atoms with Crippen LogP contribution in [0.3, 0.4) is 0 Å². The molecule has 1 aromatic heterocycles. The number of nitrogens with zero attached hydrogens (tertiary/aromatic N) is 2. The van der Waals surface area contributed by atoms with E-state index in [1.807, 2.05) is 29.2 Å². The zero-order valence-electron chi connectivity index (χ0n) is 10.9. The van der Waals surface area contributed by atoms with Crippen molar-refractivity contribution in [1.82, 2.24) is 15.1 Å². The summed E-state index contributed by atoms with van der Waals surface area (Å²) in [5, 5.41) is 7.59.